The number of amidine groups is 1. The van der Waals surface area contributed by atoms with Crippen LogP contribution in [0.25, 0.3) is 0 Å². The first-order chi connectivity index (χ1) is 8.72. The van der Waals surface area contributed by atoms with Crippen LogP contribution in [0.5, 0.6) is 5.75 Å². The highest BCUT2D eigenvalue weighted by atomic mass is 35.5. The lowest BCUT2D eigenvalue weighted by molar-refractivity contribution is 0.417. The molecule has 2 aromatic carbocycles. The van der Waals surface area contributed by atoms with Gasteiger partial charge in [-0.15, -0.1) is 12.4 Å². The zero-order valence-corrected chi connectivity index (χ0v) is 11.3. The first kappa shape index (κ1) is 14.9. The van der Waals surface area contributed by atoms with Crippen LogP contribution in [-0.2, 0) is 0 Å². The molecule has 0 aliphatic rings. The van der Waals surface area contributed by atoms with Crippen molar-refractivity contribution in [1.29, 1.82) is 5.41 Å². The summed E-state index contributed by atoms with van der Waals surface area (Å²) in [6.07, 6.45) is 0. The molecule has 0 atom stereocenters. The molecule has 19 heavy (non-hydrogen) atoms. The summed E-state index contributed by atoms with van der Waals surface area (Å²) in [5, 5.41) is 10.8. The number of hydrogen-bond donors (Lipinski definition) is 3. The summed E-state index contributed by atoms with van der Waals surface area (Å²) < 4.78 is 5.27. The summed E-state index contributed by atoms with van der Waals surface area (Å²) >= 11 is 0. The predicted molar refractivity (Wildman–Crippen MR) is 81.0 cm³/mol. The van der Waals surface area contributed by atoms with Gasteiger partial charge in [0.05, 0.1) is 12.8 Å². The van der Waals surface area contributed by atoms with E-state index in [0.29, 0.717) is 5.56 Å². The van der Waals surface area contributed by atoms with E-state index in [1.54, 1.807) is 13.2 Å². The lowest BCUT2D eigenvalue weighted by Gasteiger charge is -2.13. The molecule has 0 heterocycles. The fourth-order valence-corrected chi connectivity index (χ4v) is 1.72. The summed E-state index contributed by atoms with van der Waals surface area (Å²) in [6, 6.07) is 15.0. The molecule has 0 aliphatic carbocycles. The molecule has 0 saturated heterocycles. The fraction of sp³-hybridized carbons (Fsp3) is 0.0714. The number of rotatable bonds is 4. The van der Waals surface area contributed by atoms with E-state index < -0.39 is 0 Å². The number of halogens is 1. The lowest BCUT2D eigenvalue weighted by atomic mass is 10.1. The Labute approximate surface area is 118 Å². The van der Waals surface area contributed by atoms with Crippen molar-refractivity contribution in [1.82, 2.24) is 0 Å². The third-order valence-corrected chi connectivity index (χ3v) is 2.59. The minimum Gasteiger partial charge on any atom is -0.495 e. The molecule has 100 valence electrons. The van der Waals surface area contributed by atoms with Crippen LogP contribution in [0, 0.1) is 5.41 Å². The summed E-state index contributed by atoms with van der Waals surface area (Å²) in [7, 11) is 1.62. The average molecular weight is 278 g/mol. The monoisotopic (exact) mass is 277 g/mol. The van der Waals surface area contributed by atoms with Crippen LogP contribution < -0.4 is 15.8 Å². The maximum atomic E-state index is 7.55. The number of hydrogen-bond acceptors (Lipinski definition) is 3. The number of anilines is 2. The second kappa shape index (κ2) is 6.66. The quantitative estimate of drug-likeness (QED) is 0.594. The number of benzene rings is 2. The van der Waals surface area contributed by atoms with Crippen molar-refractivity contribution in [2.24, 2.45) is 5.73 Å². The molecule has 0 spiro atoms. The standard InChI is InChI=1S/C14H15N3O.ClH/c1-18-13-9-5-4-8-12(13)17-11-7-3-2-6-10(11)14(15)16;/h2-9,17H,1H3,(H3,15,16);1H. The highest BCUT2D eigenvalue weighted by Crippen LogP contribution is 2.28. The van der Waals surface area contributed by atoms with Gasteiger partial charge in [0.2, 0.25) is 0 Å². The van der Waals surface area contributed by atoms with Crippen LogP contribution in [-0.4, -0.2) is 12.9 Å². The minimum atomic E-state index is 0. The Morgan fingerprint density at radius 2 is 1.63 bits per heavy atom. The molecular formula is C14H16ClN3O. The second-order valence-corrected chi connectivity index (χ2v) is 3.78. The molecule has 0 bridgehead atoms. The predicted octanol–water partition coefficient (Wildman–Crippen LogP) is 3.14. The van der Waals surface area contributed by atoms with E-state index in [1.165, 1.54) is 0 Å². The number of methoxy groups -OCH3 is 1. The number of nitrogens with two attached hydrogens (primary N) is 1. The second-order valence-electron chi connectivity index (χ2n) is 3.78. The Balaban J connectivity index is 0.00000180. The lowest BCUT2D eigenvalue weighted by Crippen LogP contribution is -2.13. The van der Waals surface area contributed by atoms with Crippen molar-refractivity contribution in [3.63, 3.8) is 0 Å². The van der Waals surface area contributed by atoms with Crippen LogP contribution in [0.2, 0.25) is 0 Å². The van der Waals surface area contributed by atoms with Crippen molar-refractivity contribution in [2.45, 2.75) is 0 Å². The maximum Gasteiger partial charge on any atom is 0.142 e. The van der Waals surface area contributed by atoms with Gasteiger partial charge in [0.15, 0.2) is 0 Å². The van der Waals surface area contributed by atoms with Gasteiger partial charge in [-0.2, -0.15) is 0 Å². The van der Waals surface area contributed by atoms with Crippen molar-refractivity contribution in [3.8, 4) is 5.75 Å². The van der Waals surface area contributed by atoms with E-state index in [4.69, 9.17) is 15.9 Å². The zero-order chi connectivity index (χ0) is 13.0. The molecule has 0 amide bonds. The first-order valence-electron chi connectivity index (χ1n) is 5.56. The Hall–Kier alpha value is -2.20. The van der Waals surface area contributed by atoms with Gasteiger partial charge in [-0.3, -0.25) is 5.41 Å². The molecule has 2 aromatic rings. The summed E-state index contributed by atoms with van der Waals surface area (Å²) in [6.45, 7) is 0. The molecule has 0 radical (unpaired) electrons. The normalized spacial score (nSPS) is 9.32. The minimum absolute atomic E-state index is 0. The Morgan fingerprint density at radius 1 is 1.05 bits per heavy atom. The smallest absolute Gasteiger partial charge is 0.142 e. The average Bonchev–Trinajstić information content (AvgIpc) is 2.40. The molecule has 0 aliphatic heterocycles. The molecule has 2 rings (SSSR count). The van der Waals surface area contributed by atoms with E-state index >= 15 is 0 Å². The van der Waals surface area contributed by atoms with Gasteiger partial charge in [0, 0.05) is 11.3 Å². The van der Waals surface area contributed by atoms with E-state index in [9.17, 15) is 0 Å². The molecule has 0 aromatic heterocycles. The van der Waals surface area contributed by atoms with Crippen LogP contribution in [0.1, 0.15) is 5.56 Å². The number of para-hydroxylation sites is 3. The number of nitrogen functional groups attached to an aromatic ring is 1. The number of ether oxygens (including phenoxy) is 1. The third-order valence-electron chi connectivity index (χ3n) is 2.59. The van der Waals surface area contributed by atoms with Crippen LogP contribution in [0.15, 0.2) is 48.5 Å². The Morgan fingerprint density at radius 3 is 2.26 bits per heavy atom. The number of nitrogens with one attached hydrogen (secondary N) is 2. The van der Waals surface area contributed by atoms with Gasteiger partial charge in [-0.1, -0.05) is 24.3 Å². The SMILES string of the molecule is COc1ccccc1Nc1ccccc1C(=N)N.Cl. The maximum absolute atomic E-state index is 7.55. The van der Waals surface area contributed by atoms with Crippen LogP contribution in [0.3, 0.4) is 0 Å². The van der Waals surface area contributed by atoms with Crippen LogP contribution in [0.4, 0.5) is 11.4 Å². The van der Waals surface area contributed by atoms with Crippen molar-refractivity contribution < 1.29 is 4.74 Å². The summed E-state index contributed by atoms with van der Waals surface area (Å²) in [5.41, 5.74) is 7.85. The van der Waals surface area contributed by atoms with Gasteiger partial charge < -0.3 is 15.8 Å². The van der Waals surface area contributed by atoms with Crippen molar-refractivity contribution in [2.75, 3.05) is 12.4 Å². The van der Waals surface area contributed by atoms with Gasteiger partial charge in [-0.05, 0) is 24.3 Å². The Kier molecular flexibility index (Phi) is 5.21. The summed E-state index contributed by atoms with van der Waals surface area (Å²) in [5.74, 6) is 0.781. The van der Waals surface area contributed by atoms with E-state index in [2.05, 4.69) is 5.32 Å². The molecule has 0 unspecified atom stereocenters. The first-order valence-corrected chi connectivity index (χ1v) is 5.56. The van der Waals surface area contributed by atoms with Gasteiger partial charge >= 0.3 is 0 Å². The third kappa shape index (κ3) is 3.39. The van der Waals surface area contributed by atoms with Crippen molar-refractivity contribution >= 4 is 29.6 Å². The molecule has 4 N–H and O–H groups in total. The zero-order valence-electron chi connectivity index (χ0n) is 10.5. The van der Waals surface area contributed by atoms with Gasteiger partial charge in [0.25, 0.3) is 0 Å². The molecular weight excluding hydrogens is 262 g/mol. The topological polar surface area (TPSA) is 71.1 Å². The molecule has 4 nitrogen and oxygen atoms in total. The van der Waals surface area contributed by atoms with E-state index in [1.807, 2.05) is 42.5 Å². The Bertz CT molecular complexity index is 572. The van der Waals surface area contributed by atoms with Gasteiger partial charge in [0.1, 0.15) is 11.6 Å². The highest BCUT2D eigenvalue weighted by Gasteiger charge is 2.07. The largest absolute Gasteiger partial charge is 0.495 e. The highest BCUT2D eigenvalue weighted by molar-refractivity contribution is 6.01. The fourth-order valence-electron chi connectivity index (χ4n) is 1.72. The molecule has 5 heteroatoms. The van der Waals surface area contributed by atoms with E-state index in [0.717, 1.165) is 17.1 Å². The van der Waals surface area contributed by atoms with Gasteiger partial charge in [-0.25, -0.2) is 0 Å². The van der Waals surface area contributed by atoms with E-state index in [-0.39, 0.29) is 18.2 Å². The van der Waals surface area contributed by atoms with Crippen LogP contribution >= 0.6 is 12.4 Å². The molecule has 0 saturated carbocycles. The van der Waals surface area contributed by atoms with Crippen molar-refractivity contribution in [3.05, 3.63) is 54.1 Å². The molecule has 0 fully saturated rings. The summed E-state index contributed by atoms with van der Waals surface area (Å²) in [4.78, 5) is 0.